The van der Waals surface area contributed by atoms with E-state index < -0.39 is 0 Å². The van der Waals surface area contributed by atoms with E-state index in [0.717, 1.165) is 50.5 Å². The fourth-order valence-electron chi connectivity index (χ4n) is 5.47. The van der Waals surface area contributed by atoms with Gasteiger partial charge in [-0.25, -0.2) is 0 Å². The number of ether oxygens (including phenoxy) is 3. The third kappa shape index (κ3) is 7.87. The lowest BCUT2D eigenvalue weighted by molar-refractivity contribution is 0.0758. The van der Waals surface area contributed by atoms with Crippen LogP contribution >= 0.6 is 0 Å². The van der Waals surface area contributed by atoms with Crippen LogP contribution in [0, 0.1) is 0 Å². The van der Waals surface area contributed by atoms with Crippen molar-refractivity contribution in [2.45, 2.75) is 64.0 Å². The van der Waals surface area contributed by atoms with Gasteiger partial charge in [-0.3, -0.25) is 4.79 Å². The molecule has 2 aliphatic carbocycles. The summed E-state index contributed by atoms with van der Waals surface area (Å²) in [5, 5.41) is 3.80. The average Bonchev–Trinajstić information content (AvgIpc) is 3.76. The Hall–Kier alpha value is -2.77. The summed E-state index contributed by atoms with van der Waals surface area (Å²) in [7, 11) is 4.72. The molecular weight excluding hydrogens is 478 g/mol. The molecule has 7 nitrogen and oxygen atoms in total. The zero-order valence-corrected chi connectivity index (χ0v) is 23.6. The van der Waals surface area contributed by atoms with E-state index in [1.165, 1.54) is 31.3 Å². The molecule has 1 aliphatic heterocycles. The van der Waals surface area contributed by atoms with Crippen LogP contribution < -0.4 is 19.5 Å². The fourth-order valence-corrected chi connectivity index (χ4v) is 5.47. The van der Waals surface area contributed by atoms with Gasteiger partial charge in [-0.15, -0.1) is 0 Å². The fraction of sp³-hybridized carbons (Fsp3) is 0.581. The highest BCUT2D eigenvalue weighted by Crippen LogP contribution is 2.38. The van der Waals surface area contributed by atoms with Crippen molar-refractivity contribution >= 4 is 5.91 Å². The lowest BCUT2D eigenvalue weighted by Gasteiger charge is -2.34. The van der Waals surface area contributed by atoms with Crippen molar-refractivity contribution < 1.29 is 19.0 Å². The number of piperidine rings is 1. The lowest BCUT2D eigenvalue weighted by atomic mass is 10.0. The summed E-state index contributed by atoms with van der Waals surface area (Å²) >= 11 is 0. The van der Waals surface area contributed by atoms with Gasteiger partial charge in [-0.1, -0.05) is 29.9 Å². The molecule has 7 heteroatoms. The highest BCUT2D eigenvalue weighted by molar-refractivity contribution is 5.95. The molecule has 3 aliphatic rings. The van der Waals surface area contributed by atoms with Crippen molar-refractivity contribution in [1.82, 2.24) is 15.1 Å². The van der Waals surface area contributed by atoms with E-state index >= 15 is 0 Å². The van der Waals surface area contributed by atoms with Crippen LogP contribution in [-0.2, 0) is 0 Å². The van der Waals surface area contributed by atoms with Gasteiger partial charge < -0.3 is 29.3 Å². The Morgan fingerprint density at radius 2 is 1.84 bits per heavy atom. The zero-order valence-electron chi connectivity index (χ0n) is 23.6. The molecule has 1 saturated carbocycles. The monoisotopic (exact) mass is 523 g/mol. The number of nitrogens with zero attached hydrogens (tertiary/aromatic N) is 2. The minimum atomic E-state index is -0.0305. The Balaban J connectivity index is 1.46. The molecule has 4 rings (SSSR count). The van der Waals surface area contributed by atoms with Crippen molar-refractivity contribution in [2.24, 2.45) is 0 Å². The lowest BCUT2D eigenvalue weighted by Crippen LogP contribution is -2.47. The third-order valence-corrected chi connectivity index (χ3v) is 7.53. The van der Waals surface area contributed by atoms with Crippen molar-refractivity contribution in [3.63, 3.8) is 0 Å². The predicted octanol–water partition coefficient (Wildman–Crippen LogP) is 4.98. The molecule has 1 heterocycles. The molecule has 1 aromatic rings. The summed E-state index contributed by atoms with van der Waals surface area (Å²) in [5.74, 6) is 1.44. The maximum absolute atomic E-state index is 13.9. The van der Waals surface area contributed by atoms with Crippen LogP contribution in [0.3, 0.4) is 0 Å². The first kappa shape index (κ1) is 28.2. The van der Waals surface area contributed by atoms with Gasteiger partial charge in [-0.2, -0.15) is 0 Å². The second kappa shape index (κ2) is 13.9. The number of hydrogen-bond acceptors (Lipinski definition) is 6. The maximum atomic E-state index is 13.9. The Morgan fingerprint density at radius 3 is 2.47 bits per heavy atom. The summed E-state index contributed by atoms with van der Waals surface area (Å²) in [6.07, 6.45) is 17.1. The van der Waals surface area contributed by atoms with Crippen molar-refractivity contribution in [1.29, 1.82) is 0 Å². The van der Waals surface area contributed by atoms with Gasteiger partial charge in [0.15, 0.2) is 11.5 Å². The minimum absolute atomic E-state index is 0.0305. The predicted molar refractivity (Wildman–Crippen MR) is 152 cm³/mol. The number of likely N-dealkylation sites (tertiary alicyclic amines) is 1. The normalized spacial score (nSPS) is 20.2. The number of hydrogen-bond donors (Lipinski definition) is 1. The van der Waals surface area contributed by atoms with Crippen LogP contribution in [0.5, 0.6) is 17.2 Å². The van der Waals surface area contributed by atoms with E-state index in [0.29, 0.717) is 41.9 Å². The number of carbonyl (C=O) groups is 1. The van der Waals surface area contributed by atoms with Crippen LogP contribution in [0.25, 0.3) is 0 Å². The minimum Gasteiger partial charge on any atom is -0.493 e. The van der Waals surface area contributed by atoms with E-state index in [4.69, 9.17) is 14.2 Å². The van der Waals surface area contributed by atoms with E-state index in [2.05, 4.69) is 41.4 Å². The van der Waals surface area contributed by atoms with Crippen LogP contribution in [0.4, 0.5) is 0 Å². The number of rotatable bonds is 13. The first-order valence-corrected chi connectivity index (χ1v) is 14.1. The number of benzene rings is 1. The van der Waals surface area contributed by atoms with Gasteiger partial charge in [0, 0.05) is 37.3 Å². The van der Waals surface area contributed by atoms with Crippen molar-refractivity contribution in [3.8, 4) is 17.2 Å². The number of methoxy groups -OCH3 is 3. The van der Waals surface area contributed by atoms with Gasteiger partial charge in [0.2, 0.25) is 5.75 Å². The first-order valence-electron chi connectivity index (χ1n) is 14.1. The highest BCUT2D eigenvalue weighted by atomic mass is 16.5. The van der Waals surface area contributed by atoms with E-state index in [1.54, 1.807) is 33.5 Å². The molecule has 1 unspecified atom stereocenters. The van der Waals surface area contributed by atoms with Gasteiger partial charge in [-0.05, 0) is 82.7 Å². The van der Waals surface area contributed by atoms with E-state index in [1.807, 2.05) is 4.90 Å². The molecule has 0 spiro atoms. The number of allylic oxidation sites excluding steroid dienone is 5. The molecule has 0 radical (unpaired) electrons. The Labute approximate surface area is 228 Å². The largest absolute Gasteiger partial charge is 0.493 e. The van der Waals surface area contributed by atoms with Gasteiger partial charge >= 0.3 is 0 Å². The number of amides is 1. The Morgan fingerprint density at radius 1 is 1.08 bits per heavy atom. The van der Waals surface area contributed by atoms with Gasteiger partial charge in [0.25, 0.3) is 5.91 Å². The summed E-state index contributed by atoms with van der Waals surface area (Å²) in [6.45, 7) is 6.62. The Kier molecular flexibility index (Phi) is 10.3. The molecular formula is C31H45N3O4. The third-order valence-electron chi connectivity index (χ3n) is 7.53. The van der Waals surface area contributed by atoms with E-state index in [-0.39, 0.29) is 5.91 Å². The molecule has 1 amide bonds. The van der Waals surface area contributed by atoms with Crippen LogP contribution in [0.1, 0.15) is 62.2 Å². The standard InChI is InChI=1S/C31H45N3O4/c1-23(18-24-10-6-5-7-11-24)21-34(17-9-16-33-15-8-12-27(22-33)32-26-13-14-26)31(35)25-19-28(36-2)30(38-4)29(20-25)37-3/h6,10-11,18-20,26-27,32H,5,7-9,12-17,21-22H2,1-4H3/b23-18+. The molecule has 208 valence electrons. The summed E-state index contributed by atoms with van der Waals surface area (Å²) in [6, 6.07) is 4.85. The van der Waals surface area contributed by atoms with Crippen LogP contribution in [0.15, 0.2) is 47.6 Å². The second-order valence-electron chi connectivity index (χ2n) is 10.7. The second-order valence-corrected chi connectivity index (χ2v) is 10.7. The van der Waals surface area contributed by atoms with Crippen molar-refractivity contribution in [2.75, 3.05) is 54.1 Å². The molecule has 0 bridgehead atoms. The smallest absolute Gasteiger partial charge is 0.254 e. The molecule has 1 aromatic carbocycles. The maximum Gasteiger partial charge on any atom is 0.254 e. The molecule has 38 heavy (non-hydrogen) atoms. The van der Waals surface area contributed by atoms with Gasteiger partial charge in [0.05, 0.1) is 21.3 Å². The molecule has 2 fully saturated rings. The topological polar surface area (TPSA) is 63.3 Å². The van der Waals surface area contributed by atoms with Crippen LogP contribution in [-0.4, -0.2) is 81.8 Å². The molecule has 1 atom stereocenters. The van der Waals surface area contributed by atoms with Gasteiger partial charge in [0.1, 0.15) is 0 Å². The molecule has 0 aromatic heterocycles. The highest BCUT2D eigenvalue weighted by Gasteiger charge is 2.28. The quantitative estimate of drug-likeness (QED) is 0.393. The number of carbonyl (C=O) groups excluding carboxylic acids is 1. The average molecular weight is 524 g/mol. The van der Waals surface area contributed by atoms with E-state index in [9.17, 15) is 4.79 Å². The van der Waals surface area contributed by atoms with Crippen molar-refractivity contribution in [3.05, 3.63) is 53.1 Å². The zero-order chi connectivity index (χ0) is 26.9. The number of nitrogens with one attached hydrogen (secondary N) is 1. The summed E-state index contributed by atoms with van der Waals surface area (Å²) in [4.78, 5) is 18.4. The summed E-state index contributed by atoms with van der Waals surface area (Å²) < 4.78 is 16.5. The molecule has 1 saturated heterocycles. The Bertz CT molecular complexity index is 1020. The first-order chi connectivity index (χ1) is 18.5. The summed E-state index contributed by atoms with van der Waals surface area (Å²) in [5.41, 5.74) is 2.92. The SMILES string of the molecule is COc1cc(C(=O)N(CCCN2CCCC(NC3CC3)C2)C/C(C)=C/C2=CCCC=C2)cc(OC)c1OC. The molecule has 1 N–H and O–H groups in total. The van der Waals surface area contributed by atoms with Crippen LogP contribution in [0.2, 0.25) is 0 Å².